The third kappa shape index (κ3) is 2.94. The predicted molar refractivity (Wildman–Crippen MR) is 49.8 cm³/mol. The van der Waals surface area contributed by atoms with Crippen molar-refractivity contribution < 1.29 is 13.5 Å². The summed E-state index contributed by atoms with van der Waals surface area (Å²) in [6, 6.07) is 3.60. The van der Waals surface area contributed by atoms with E-state index >= 15 is 0 Å². The van der Waals surface area contributed by atoms with E-state index in [0.717, 1.165) is 5.56 Å². The second-order valence-electron chi connectivity index (χ2n) is 3.25. The Bertz CT molecular complexity index is 289. The number of rotatable bonds is 4. The van der Waals surface area contributed by atoms with Crippen LogP contribution in [0.3, 0.4) is 0 Å². The summed E-state index contributed by atoms with van der Waals surface area (Å²) < 4.78 is 28.7. The van der Waals surface area contributed by atoms with E-state index < -0.39 is 13.0 Å². The van der Waals surface area contributed by atoms with Crippen LogP contribution < -0.4 is 4.74 Å². The highest BCUT2D eigenvalue weighted by Gasteiger charge is 2.10. The van der Waals surface area contributed by atoms with Gasteiger partial charge in [0.1, 0.15) is 0 Å². The fraction of sp³-hybridized carbons (Fsp3) is 0.500. The van der Waals surface area contributed by atoms with E-state index in [9.17, 15) is 8.78 Å². The molecule has 1 aromatic heterocycles. The molecule has 0 saturated heterocycles. The summed E-state index contributed by atoms with van der Waals surface area (Å²) >= 11 is 0. The minimum Gasteiger partial charge on any atom is -0.471 e. The van der Waals surface area contributed by atoms with Crippen LogP contribution in [-0.4, -0.2) is 18.0 Å². The van der Waals surface area contributed by atoms with E-state index in [-0.39, 0.29) is 5.92 Å². The molecule has 0 atom stereocenters. The number of nitrogens with zero attached hydrogens (tertiary/aromatic N) is 1. The molecule has 78 valence electrons. The lowest BCUT2D eigenvalue weighted by molar-refractivity contribution is 0.0789. The van der Waals surface area contributed by atoms with E-state index in [1.807, 2.05) is 19.9 Å². The Morgan fingerprint density at radius 2 is 2.14 bits per heavy atom. The monoisotopic (exact) mass is 201 g/mol. The average Bonchev–Trinajstić information content (AvgIpc) is 2.15. The van der Waals surface area contributed by atoms with Gasteiger partial charge in [-0.2, -0.15) is 0 Å². The lowest BCUT2D eigenvalue weighted by atomic mass is 10.1. The smallest absolute Gasteiger partial charge is 0.272 e. The van der Waals surface area contributed by atoms with Crippen LogP contribution in [0.2, 0.25) is 0 Å². The third-order valence-corrected chi connectivity index (χ3v) is 1.77. The zero-order valence-electron chi connectivity index (χ0n) is 8.21. The lowest BCUT2D eigenvalue weighted by Crippen LogP contribution is -2.09. The van der Waals surface area contributed by atoms with Gasteiger partial charge in [0.25, 0.3) is 6.43 Å². The Kier molecular flexibility index (Phi) is 3.80. The minimum atomic E-state index is -2.46. The standard InChI is InChI=1S/C10H13F2NO/c1-7(2)8-4-3-5-13-10(8)14-6-9(11)12/h3-5,7,9H,6H2,1-2H3. The summed E-state index contributed by atoms with van der Waals surface area (Å²) in [5.74, 6) is 0.527. The molecule has 1 rings (SSSR count). The van der Waals surface area contributed by atoms with E-state index in [4.69, 9.17) is 4.74 Å². The van der Waals surface area contributed by atoms with Crippen molar-refractivity contribution in [3.63, 3.8) is 0 Å². The molecular formula is C10H13F2NO. The highest BCUT2D eigenvalue weighted by molar-refractivity contribution is 5.28. The number of alkyl halides is 2. The van der Waals surface area contributed by atoms with Crippen molar-refractivity contribution in [3.8, 4) is 5.88 Å². The van der Waals surface area contributed by atoms with Gasteiger partial charge in [-0.1, -0.05) is 19.9 Å². The van der Waals surface area contributed by atoms with Crippen molar-refractivity contribution in [3.05, 3.63) is 23.9 Å². The van der Waals surface area contributed by atoms with Crippen molar-refractivity contribution in [1.82, 2.24) is 4.98 Å². The van der Waals surface area contributed by atoms with Crippen LogP contribution >= 0.6 is 0 Å². The van der Waals surface area contributed by atoms with Gasteiger partial charge in [0.2, 0.25) is 5.88 Å². The quantitative estimate of drug-likeness (QED) is 0.747. The Balaban J connectivity index is 2.74. The molecule has 1 aromatic rings. The normalized spacial score (nSPS) is 11.0. The molecule has 0 radical (unpaired) electrons. The van der Waals surface area contributed by atoms with Crippen LogP contribution in [0.4, 0.5) is 8.78 Å². The van der Waals surface area contributed by atoms with Crippen molar-refractivity contribution in [2.75, 3.05) is 6.61 Å². The number of ether oxygens (including phenoxy) is 1. The number of hydrogen-bond donors (Lipinski definition) is 0. The van der Waals surface area contributed by atoms with E-state index in [2.05, 4.69) is 4.98 Å². The molecule has 0 unspecified atom stereocenters. The summed E-state index contributed by atoms with van der Waals surface area (Å²) in [7, 11) is 0. The minimum absolute atomic E-state index is 0.219. The number of halogens is 2. The number of aromatic nitrogens is 1. The Morgan fingerprint density at radius 1 is 1.43 bits per heavy atom. The maximum Gasteiger partial charge on any atom is 0.272 e. The first kappa shape index (κ1) is 10.9. The van der Waals surface area contributed by atoms with Crippen molar-refractivity contribution in [1.29, 1.82) is 0 Å². The third-order valence-electron chi connectivity index (χ3n) is 1.77. The number of hydrogen-bond acceptors (Lipinski definition) is 2. The van der Waals surface area contributed by atoms with Gasteiger partial charge in [0, 0.05) is 11.8 Å². The summed E-state index contributed by atoms with van der Waals surface area (Å²) in [6.07, 6.45) is -0.927. The molecule has 0 amide bonds. The Labute approximate surface area is 81.9 Å². The average molecular weight is 201 g/mol. The number of pyridine rings is 1. The van der Waals surface area contributed by atoms with Gasteiger partial charge in [0.15, 0.2) is 6.61 Å². The largest absolute Gasteiger partial charge is 0.471 e. The van der Waals surface area contributed by atoms with Crippen LogP contribution in [0.5, 0.6) is 5.88 Å². The molecule has 0 spiro atoms. The lowest BCUT2D eigenvalue weighted by Gasteiger charge is -2.11. The van der Waals surface area contributed by atoms with Crippen LogP contribution in [0, 0.1) is 0 Å². The fourth-order valence-corrected chi connectivity index (χ4v) is 1.11. The first-order valence-electron chi connectivity index (χ1n) is 4.47. The maximum atomic E-state index is 11.9. The topological polar surface area (TPSA) is 22.1 Å². The molecule has 4 heteroatoms. The van der Waals surface area contributed by atoms with Gasteiger partial charge >= 0.3 is 0 Å². The second kappa shape index (κ2) is 4.88. The van der Waals surface area contributed by atoms with Crippen LogP contribution in [0.1, 0.15) is 25.3 Å². The van der Waals surface area contributed by atoms with E-state index in [0.29, 0.717) is 5.88 Å². The molecule has 0 saturated carbocycles. The molecule has 0 N–H and O–H groups in total. The van der Waals surface area contributed by atoms with E-state index in [1.54, 1.807) is 6.07 Å². The molecule has 0 bridgehead atoms. The Hall–Kier alpha value is -1.19. The zero-order chi connectivity index (χ0) is 10.6. The van der Waals surface area contributed by atoms with Crippen LogP contribution in [0.25, 0.3) is 0 Å². The van der Waals surface area contributed by atoms with Gasteiger partial charge in [-0.25, -0.2) is 13.8 Å². The van der Waals surface area contributed by atoms with Crippen molar-refractivity contribution in [2.24, 2.45) is 0 Å². The van der Waals surface area contributed by atoms with Gasteiger partial charge in [-0.3, -0.25) is 0 Å². The predicted octanol–water partition coefficient (Wildman–Crippen LogP) is 2.85. The molecule has 0 aliphatic carbocycles. The fourth-order valence-electron chi connectivity index (χ4n) is 1.11. The van der Waals surface area contributed by atoms with Gasteiger partial charge in [-0.15, -0.1) is 0 Å². The SMILES string of the molecule is CC(C)c1cccnc1OCC(F)F. The van der Waals surface area contributed by atoms with Gasteiger partial charge in [0.05, 0.1) is 0 Å². The zero-order valence-corrected chi connectivity index (χ0v) is 8.21. The molecule has 1 heterocycles. The Morgan fingerprint density at radius 3 is 2.71 bits per heavy atom. The highest BCUT2D eigenvalue weighted by atomic mass is 19.3. The summed E-state index contributed by atoms with van der Waals surface area (Å²) in [5.41, 5.74) is 0.855. The van der Waals surface area contributed by atoms with Gasteiger partial charge in [-0.05, 0) is 12.0 Å². The molecule has 0 fully saturated rings. The summed E-state index contributed by atoms with van der Waals surface area (Å²) in [5, 5.41) is 0. The molecule has 0 aliphatic heterocycles. The van der Waals surface area contributed by atoms with Crippen LogP contribution in [0.15, 0.2) is 18.3 Å². The summed E-state index contributed by atoms with van der Waals surface area (Å²) in [4.78, 5) is 3.92. The van der Waals surface area contributed by atoms with Crippen molar-refractivity contribution >= 4 is 0 Å². The summed E-state index contributed by atoms with van der Waals surface area (Å²) in [6.45, 7) is 3.33. The van der Waals surface area contributed by atoms with Gasteiger partial charge < -0.3 is 4.74 Å². The molecule has 0 aliphatic rings. The molecule has 2 nitrogen and oxygen atoms in total. The van der Waals surface area contributed by atoms with Crippen molar-refractivity contribution in [2.45, 2.75) is 26.2 Å². The first-order valence-corrected chi connectivity index (χ1v) is 4.47. The second-order valence-corrected chi connectivity index (χ2v) is 3.25. The first-order chi connectivity index (χ1) is 6.61. The molecule has 14 heavy (non-hydrogen) atoms. The molecule has 0 aromatic carbocycles. The van der Waals surface area contributed by atoms with Crippen LogP contribution in [-0.2, 0) is 0 Å². The molecular weight excluding hydrogens is 188 g/mol. The highest BCUT2D eigenvalue weighted by Crippen LogP contribution is 2.23. The van der Waals surface area contributed by atoms with E-state index in [1.165, 1.54) is 6.20 Å². The maximum absolute atomic E-state index is 11.9.